The van der Waals surface area contributed by atoms with Gasteiger partial charge in [-0.25, -0.2) is 8.78 Å². The molecule has 124 valence electrons. The third-order valence-corrected chi connectivity index (χ3v) is 5.98. The minimum absolute atomic E-state index is 0.373. The zero-order valence-electron chi connectivity index (χ0n) is 17.2. The van der Waals surface area contributed by atoms with Gasteiger partial charge < -0.3 is 0 Å². The summed E-state index contributed by atoms with van der Waals surface area (Å²) in [5.41, 5.74) is 0. The molecule has 0 aliphatic heterocycles. The first-order chi connectivity index (χ1) is 12.1. The second-order valence-corrected chi connectivity index (χ2v) is 7.21. The maximum absolute atomic E-state index is 14.5. The Labute approximate surface area is 139 Å². The largest absolute Gasteiger partial charge is 0.244 e. The van der Waals surface area contributed by atoms with Crippen molar-refractivity contribution in [2.45, 2.75) is 70.1 Å². The number of hydrogen-bond acceptors (Lipinski definition) is 0. The molecule has 0 aromatic rings. The van der Waals surface area contributed by atoms with Gasteiger partial charge in [0.25, 0.3) is 0 Å². The van der Waals surface area contributed by atoms with Crippen molar-refractivity contribution in [2.24, 2.45) is 29.6 Å². The minimum atomic E-state index is -3.41. The fourth-order valence-corrected chi connectivity index (χ4v) is 4.51. The van der Waals surface area contributed by atoms with E-state index in [4.69, 9.17) is 5.48 Å². The summed E-state index contributed by atoms with van der Waals surface area (Å²) in [4.78, 5) is 0. The maximum Gasteiger partial charge on any atom is 0.149 e. The van der Waals surface area contributed by atoms with Gasteiger partial charge in [-0.3, -0.25) is 0 Å². The highest BCUT2D eigenvalue weighted by atomic mass is 19.2. The van der Waals surface area contributed by atoms with E-state index >= 15 is 0 Å². The van der Waals surface area contributed by atoms with E-state index in [1.165, 1.54) is 31.8 Å². The van der Waals surface area contributed by atoms with E-state index in [0.29, 0.717) is 30.6 Å². The lowest BCUT2D eigenvalue weighted by Gasteiger charge is -2.39. The van der Waals surface area contributed by atoms with Crippen LogP contribution in [0.3, 0.4) is 0 Å². The third-order valence-electron chi connectivity index (χ3n) is 5.98. The first kappa shape index (κ1) is 11.8. The molecular formula is C20H30F2. The lowest BCUT2D eigenvalue weighted by molar-refractivity contribution is 0.109. The van der Waals surface area contributed by atoms with Crippen LogP contribution in [0.25, 0.3) is 0 Å². The van der Waals surface area contributed by atoms with Crippen molar-refractivity contribution >= 4 is 0 Å². The molecule has 0 aromatic carbocycles. The van der Waals surface area contributed by atoms with E-state index < -0.39 is 24.6 Å². The summed E-state index contributed by atoms with van der Waals surface area (Å²) in [6, 6.07) is 0. The lowest BCUT2D eigenvalue weighted by Crippen LogP contribution is -2.31. The third kappa shape index (κ3) is 3.63. The van der Waals surface area contributed by atoms with Crippen molar-refractivity contribution < 1.29 is 14.3 Å². The highest BCUT2D eigenvalue weighted by molar-refractivity contribution is 5.05. The van der Waals surface area contributed by atoms with Gasteiger partial charge in [0.05, 0.1) is 1.37 Å². The number of rotatable bonds is 3. The molecule has 3 rings (SSSR count). The van der Waals surface area contributed by atoms with Crippen LogP contribution in [0.5, 0.6) is 0 Å². The van der Waals surface area contributed by atoms with Crippen molar-refractivity contribution in [1.29, 1.82) is 0 Å². The zero-order chi connectivity index (χ0) is 19.2. The highest BCUT2D eigenvalue weighted by Crippen LogP contribution is 2.44. The molecule has 3 aliphatic carbocycles. The Morgan fingerprint density at radius 1 is 0.909 bits per heavy atom. The summed E-state index contributed by atoms with van der Waals surface area (Å²) in [7, 11) is 0. The van der Waals surface area contributed by atoms with E-state index in [9.17, 15) is 8.78 Å². The Morgan fingerprint density at radius 2 is 1.45 bits per heavy atom. The van der Waals surface area contributed by atoms with Gasteiger partial charge in [-0.05, 0) is 87.3 Å². The van der Waals surface area contributed by atoms with Crippen LogP contribution in [0.1, 0.15) is 63.2 Å². The molecule has 3 unspecified atom stereocenters. The van der Waals surface area contributed by atoms with Gasteiger partial charge in [0.1, 0.15) is 12.3 Å². The van der Waals surface area contributed by atoms with Crippen LogP contribution >= 0.6 is 0 Å². The molecule has 2 fully saturated rings. The topological polar surface area (TPSA) is 0 Å². The Balaban J connectivity index is 1.66. The van der Waals surface area contributed by atoms with Crippen LogP contribution in [-0.2, 0) is 0 Å². The van der Waals surface area contributed by atoms with Gasteiger partial charge >= 0.3 is 0 Å². The van der Waals surface area contributed by atoms with Gasteiger partial charge in [0.15, 0.2) is 0 Å². The van der Waals surface area contributed by atoms with Gasteiger partial charge in [0, 0.05) is 4.11 Å². The van der Waals surface area contributed by atoms with Crippen molar-refractivity contribution in [2.75, 3.05) is 0 Å². The quantitative estimate of drug-likeness (QED) is 0.557. The maximum atomic E-state index is 14.5. The van der Waals surface area contributed by atoms with Gasteiger partial charge in [-0.2, -0.15) is 0 Å². The molecule has 0 radical (unpaired) electrons. The molecule has 2 heteroatoms. The van der Waals surface area contributed by atoms with Crippen LogP contribution in [0.2, 0.25) is 0 Å². The van der Waals surface area contributed by atoms with E-state index in [-0.39, 0.29) is 5.92 Å². The van der Waals surface area contributed by atoms with E-state index in [0.717, 1.165) is 18.9 Å². The molecule has 0 bridgehead atoms. The molecule has 3 aliphatic rings. The molecule has 3 atom stereocenters. The highest BCUT2D eigenvalue weighted by Gasteiger charge is 2.35. The summed E-state index contributed by atoms with van der Waals surface area (Å²) in [5.74, 6) is -0.361. The van der Waals surface area contributed by atoms with Crippen LogP contribution in [0.4, 0.5) is 8.78 Å². The first-order valence-electron chi connectivity index (χ1n) is 10.8. The van der Waals surface area contributed by atoms with Crippen molar-refractivity contribution in [3.05, 3.63) is 24.8 Å². The van der Waals surface area contributed by atoms with Crippen LogP contribution in [-0.4, -0.2) is 12.3 Å². The number of allylic oxidation sites excluding steroid dienone is 3. The monoisotopic (exact) mass is 312 g/mol. The molecular weight excluding hydrogens is 278 g/mol. The Bertz CT molecular complexity index is 546. The predicted molar refractivity (Wildman–Crippen MR) is 88.1 cm³/mol. The van der Waals surface area contributed by atoms with Crippen molar-refractivity contribution in [1.82, 2.24) is 0 Å². The average Bonchev–Trinajstić information content (AvgIpc) is 2.64. The fourth-order valence-electron chi connectivity index (χ4n) is 4.51. The van der Waals surface area contributed by atoms with Gasteiger partial charge in [0.2, 0.25) is 0 Å². The van der Waals surface area contributed by atoms with Crippen LogP contribution < -0.4 is 0 Å². The molecule has 0 amide bonds. The normalized spacial score (nSPS) is 58.0. The fraction of sp³-hybridized carbons (Fsp3) is 0.800. The molecule has 0 N–H and O–H groups in total. The average molecular weight is 312 g/mol. The molecule has 0 nitrogen and oxygen atoms in total. The summed E-state index contributed by atoms with van der Waals surface area (Å²) in [6.45, 7) is 3.89. The summed E-state index contributed by atoms with van der Waals surface area (Å²) >= 11 is 0. The minimum Gasteiger partial charge on any atom is -0.244 e. The van der Waals surface area contributed by atoms with E-state index in [1.54, 1.807) is 0 Å². The van der Waals surface area contributed by atoms with Crippen LogP contribution in [0.15, 0.2) is 24.8 Å². The summed E-state index contributed by atoms with van der Waals surface area (Å²) in [6.07, 6.45) is 3.38. The zero-order valence-corrected chi connectivity index (χ0v) is 13.2. The Hall–Kier alpha value is -0.660. The number of alkyl halides is 2. The van der Waals surface area contributed by atoms with E-state index in [1.807, 2.05) is 0 Å². The molecule has 0 heterocycles. The first-order valence-corrected chi connectivity index (χ1v) is 8.78. The second kappa shape index (κ2) is 7.27. The second-order valence-electron chi connectivity index (χ2n) is 7.21. The van der Waals surface area contributed by atoms with Crippen molar-refractivity contribution in [3.8, 4) is 0 Å². The van der Waals surface area contributed by atoms with Crippen LogP contribution in [0, 0.1) is 29.6 Å². The SMILES string of the molecule is [2H]C1(F)C(F)C=CC([2H])(C2CCC(C3CCC(C=C)CC3)CC2)C1([2H])[2H]. The smallest absolute Gasteiger partial charge is 0.149 e. The Kier molecular flexibility index (Phi) is 3.91. The Morgan fingerprint density at radius 3 is 2.05 bits per heavy atom. The van der Waals surface area contributed by atoms with Gasteiger partial charge in [-0.1, -0.05) is 18.2 Å². The molecule has 0 spiro atoms. The number of hydrogen-bond donors (Lipinski definition) is 0. The molecule has 0 aromatic heterocycles. The van der Waals surface area contributed by atoms with Crippen molar-refractivity contribution in [3.63, 3.8) is 0 Å². The number of halogens is 2. The standard InChI is InChI=1S/C20H30F2/c1-2-14-3-5-15(6-4-14)16-7-9-17(10-8-16)18-11-12-19(21)20(22)13-18/h2,11-12,14-20H,1,3-10,13H2/i13D2,18D,20D. The summed E-state index contributed by atoms with van der Waals surface area (Å²) < 4.78 is 60.5. The molecule has 2 saturated carbocycles. The lowest BCUT2D eigenvalue weighted by atomic mass is 9.66. The van der Waals surface area contributed by atoms with E-state index in [2.05, 4.69) is 12.7 Å². The summed E-state index contributed by atoms with van der Waals surface area (Å²) in [5, 5.41) is 0. The predicted octanol–water partition coefficient (Wildman–Crippen LogP) is 6.04. The molecule has 0 saturated heterocycles. The molecule has 22 heavy (non-hydrogen) atoms. The van der Waals surface area contributed by atoms with Gasteiger partial charge in [-0.15, -0.1) is 6.58 Å².